The zero-order valence-electron chi connectivity index (χ0n) is 39.3. The Bertz CT molecular complexity index is 2310. The molecule has 66 heavy (non-hydrogen) atoms. The first-order chi connectivity index (χ1) is 31.6. The van der Waals surface area contributed by atoms with E-state index in [-0.39, 0.29) is 55.0 Å². The third kappa shape index (κ3) is 16.7. The highest BCUT2D eigenvalue weighted by molar-refractivity contribution is 6.13. The van der Waals surface area contributed by atoms with Crippen LogP contribution in [0.2, 0.25) is 0 Å². The number of hydrogen-bond acceptors (Lipinski definition) is 8. The van der Waals surface area contributed by atoms with Crippen molar-refractivity contribution in [1.82, 2.24) is 24.7 Å². The van der Waals surface area contributed by atoms with E-state index in [1.807, 2.05) is 39.1 Å². The van der Waals surface area contributed by atoms with Crippen molar-refractivity contribution in [2.75, 3.05) is 34.4 Å². The highest BCUT2D eigenvalue weighted by atomic mass is 16.2. The van der Waals surface area contributed by atoms with Gasteiger partial charge in [-0.1, -0.05) is 66.0 Å². The van der Waals surface area contributed by atoms with Crippen molar-refractivity contribution in [3.63, 3.8) is 0 Å². The second kappa shape index (κ2) is 27.1. The predicted octanol–water partition coefficient (Wildman–Crippen LogP) is 7.15. The van der Waals surface area contributed by atoms with E-state index < -0.39 is 17.9 Å². The van der Waals surface area contributed by atoms with Gasteiger partial charge in [-0.3, -0.25) is 43.3 Å². The van der Waals surface area contributed by atoms with Crippen LogP contribution in [-0.4, -0.2) is 80.4 Å². The van der Waals surface area contributed by atoms with E-state index >= 15 is 0 Å². The molecule has 2 aromatic carbocycles. The number of nitrogens with one attached hydrogen (secondary N) is 6. The van der Waals surface area contributed by atoms with E-state index in [1.165, 1.54) is 25.5 Å². The predicted molar refractivity (Wildman–Crippen MR) is 258 cm³/mol. The molecule has 3 heterocycles. The van der Waals surface area contributed by atoms with Gasteiger partial charge < -0.3 is 41.0 Å². The van der Waals surface area contributed by atoms with Crippen LogP contribution in [0.4, 0.5) is 22.7 Å². The smallest absolute Gasteiger partial charge is 0.272 e. The van der Waals surface area contributed by atoms with Crippen molar-refractivity contribution < 1.29 is 38.4 Å². The van der Waals surface area contributed by atoms with Crippen molar-refractivity contribution in [1.29, 1.82) is 0 Å². The minimum Gasteiger partial charge on any atom is -0.347 e. The Balaban J connectivity index is 0.00000222. The molecular formula is C49H65N9O8. The summed E-state index contributed by atoms with van der Waals surface area (Å²) >= 11 is 0. The molecule has 0 bridgehead atoms. The molecule has 1 aliphatic rings. The van der Waals surface area contributed by atoms with Crippen molar-refractivity contribution >= 4 is 70.0 Å². The fourth-order valence-corrected chi connectivity index (χ4v) is 6.40. The molecule has 2 aromatic heterocycles. The van der Waals surface area contributed by atoms with E-state index in [9.17, 15) is 38.4 Å². The van der Waals surface area contributed by atoms with Crippen LogP contribution < -0.4 is 31.9 Å². The molecule has 5 rings (SSSR count). The Kier molecular flexibility index (Phi) is 21.8. The molecule has 6 N–H and O–H groups in total. The van der Waals surface area contributed by atoms with Crippen LogP contribution in [0.15, 0.2) is 85.2 Å². The first-order valence-corrected chi connectivity index (χ1v) is 22.5. The first-order valence-electron chi connectivity index (χ1n) is 22.5. The van der Waals surface area contributed by atoms with Crippen LogP contribution in [0.5, 0.6) is 0 Å². The Morgan fingerprint density at radius 3 is 1.67 bits per heavy atom. The Labute approximate surface area is 387 Å². The van der Waals surface area contributed by atoms with Crippen LogP contribution in [0.25, 0.3) is 11.1 Å². The van der Waals surface area contributed by atoms with Crippen molar-refractivity contribution in [2.24, 2.45) is 14.1 Å². The van der Waals surface area contributed by atoms with Gasteiger partial charge in [0.1, 0.15) is 17.4 Å². The average Bonchev–Trinajstić information content (AvgIpc) is 3.98. The monoisotopic (exact) mass is 907 g/mol. The van der Waals surface area contributed by atoms with Gasteiger partial charge in [0, 0.05) is 80.7 Å². The highest BCUT2D eigenvalue weighted by Crippen LogP contribution is 2.25. The number of aryl methyl sites for hydroxylation is 2. The quantitative estimate of drug-likeness (QED) is 0.0394. The fraction of sp³-hybridized carbons (Fsp3) is 0.388. The van der Waals surface area contributed by atoms with Crippen molar-refractivity contribution in [2.45, 2.75) is 99.0 Å². The lowest BCUT2D eigenvalue weighted by Crippen LogP contribution is -2.45. The van der Waals surface area contributed by atoms with Crippen LogP contribution in [0.1, 0.15) is 114 Å². The number of carbonyl (C=O) groups is 8. The van der Waals surface area contributed by atoms with E-state index in [4.69, 9.17) is 0 Å². The molecule has 0 fully saturated rings. The lowest BCUT2D eigenvalue weighted by atomic mass is 10.1. The van der Waals surface area contributed by atoms with Crippen LogP contribution >= 0.6 is 0 Å². The number of nitrogens with zero attached hydrogens (tertiary/aromatic N) is 3. The van der Waals surface area contributed by atoms with Gasteiger partial charge in [0.2, 0.25) is 23.6 Å². The van der Waals surface area contributed by atoms with Gasteiger partial charge >= 0.3 is 0 Å². The summed E-state index contributed by atoms with van der Waals surface area (Å²) in [5.41, 5.74) is 4.46. The Morgan fingerprint density at radius 2 is 1.09 bits per heavy atom. The lowest BCUT2D eigenvalue weighted by molar-refractivity contribution is -0.137. The number of carbonyl (C=O) groups excluding carboxylic acids is 8. The minimum atomic E-state index is -0.907. The molecular weight excluding hydrogens is 843 g/mol. The summed E-state index contributed by atoms with van der Waals surface area (Å²) in [5.74, 6) is -2.81. The number of imide groups is 1. The topological polar surface area (TPSA) is 222 Å². The van der Waals surface area contributed by atoms with E-state index in [0.29, 0.717) is 59.8 Å². The second-order valence-corrected chi connectivity index (χ2v) is 15.4. The maximum Gasteiger partial charge on any atom is 0.272 e. The largest absolute Gasteiger partial charge is 0.347 e. The lowest BCUT2D eigenvalue weighted by Gasteiger charge is -2.15. The summed E-state index contributed by atoms with van der Waals surface area (Å²) in [4.78, 5) is 100.0. The van der Waals surface area contributed by atoms with Crippen LogP contribution in [0.3, 0.4) is 0 Å². The van der Waals surface area contributed by atoms with Crippen LogP contribution in [0, 0.1) is 0 Å². The Hall–Kier alpha value is -7.30. The Morgan fingerprint density at radius 1 is 0.576 bits per heavy atom. The number of amides is 8. The molecule has 0 radical (unpaired) electrons. The normalized spacial score (nSPS) is 11.9. The first kappa shape index (κ1) is 53.0. The number of hydrogen-bond donors (Lipinski definition) is 6. The van der Waals surface area contributed by atoms with E-state index in [1.54, 1.807) is 78.0 Å². The standard InChI is InChI=1S/C44H51N9O8.C3H8.C2H6/c1-5-6-10-38(55)47-34-24-36(52(4)27-34)44(61)49-31-14-12-29(13-15-31)30-23-35(51(3)26-30)43(60)50-33-18-16-32(17-19-33)48-42(59)28(2)46-39(56)25-45-37(54)11-8-7-9-22-53-40(57)20-21-41(53)58;1-3-2;1-2/h12-21,23-24,26-28H,5-11,22,25H2,1-4H3,(H,45,54)(H,46,56)(H,47,55)(H,48,59)(H,49,61)(H,50,60);3H2,1-2H3;1-2H3. The third-order valence-corrected chi connectivity index (χ3v) is 9.81. The van der Waals surface area contributed by atoms with Gasteiger partial charge in [-0.05, 0) is 80.3 Å². The zero-order valence-corrected chi connectivity index (χ0v) is 39.3. The second-order valence-electron chi connectivity index (χ2n) is 15.4. The minimum absolute atomic E-state index is 0.0945. The van der Waals surface area contributed by atoms with E-state index in [0.717, 1.165) is 28.9 Å². The van der Waals surface area contributed by atoms with Crippen LogP contribution in [-0.2, 0) is 42.9 Å². The van der Waals surface area contributed by atoms with Gasteiger partial charge in [0.05, 0.1) is 12.2 Å². The summed E-state index contributed by atoms with van der Waals surface area (Å²) in [6.07, 6.45) is 11.2. The average molecular weight is 908 g/mol. The number of rotatable bonds is 20. The fourth-order valence-electron chi connectivity index (χ4n) is 6.40. The summed E-state index contributed by atoms with van der Waals surface area (Å²) in [6, 6.07) is 16.2. The van der Waals surface area contributed by atoms with Gasteiger partial charge in [0.15, 0.2) is 0 Å². The molecule has 0 spiro atoms. The zero-order chi connectivity index (χ0) is 48.8. The molecule has 1 aliphatic heterocycles. The number of aromatic nitrogens is 2. The highest BCUT2D eigenvalue weighted by Gasteiger charge is 2.23. The molecule has 8 amide bonds. The van der Waals surface area contributed by atoms with Gasteiger partial charge in [-0.15, -0.1) is 0 Å². The maximum absolute atomic E-state index is 13.3. The molecule has 17 heteroatoms. The summed E-state index contributed by atoms with van der Waals surface area (Å²) < 4.78 is 3.36. The molecule has 354 valence electrons. The van der Waals surface area contributed by atoms with Gasteiger partial charge in [-0.2, -0.15) is 0 Å². The number of unbranched alkanes of at least 4 members (excludes halogenated alkanes) is 3. The molecule has 1 unspecified atom stereocenters. The summed E-state index contributed by atoms with van der Waals surface area (Å²) in [5, 5.41) is 16.3. The number of benzene rings is 2. The molecule has 17 nitrogen and oxygen atoms in total. The molecule has 0 saturated heterocycles. The molecule has 1 atom stereocenters. The number of anilines is 4. The SMILES string of the molecule is CC.CCC.CCCCC(=O)Nc1cc(C(=O)Nc2ccc(-c3cc(C(=O)Nc4ccc(NC(=O)C(C)NC(=O)CNC(=O)CCCCCN5C(=O)C=CC5=O)cc4)n(C)c3)cc2)n(C)c1. The van der Waals surface area contributed by atoms with Gasteiger partial charge in [0.25, 0.3) is 23.6 Å². The third-order valence-electron chi connectivity index (χ3n) is 9.81. The maximum atomic E-state index is 13.3. The van der Waals surface area contributed by atoms with Crippen molar-refractivity contribution in [3.8, 4) is 11.1 Å². The summed E-state index contributed by atoms with van der Waals surface area (Å²) in [6.45, 7) is 11.8. The summed E-state index contributed by atoms with van der Waals surface area (Å²) in [7, 11) is 3.49. The molecule has 0 saturated carbocycles. The van der Waals surface area contributed by atoms with Gasteiger partial charge in [-0.25, -0.2) is 0 Å². The van der Waals surface area contributed by atoms with Crippen molar-refractivity contribution in [3.05, 3.63) is 96.6 Å². The van der Waals surface area contributed by atoms with E-state index in [2.05, 4.69) is 45.7 Å². The molecule has 0 aliphatic carbocycles. The molecule has 4 aromatic rings.